The van der Waals surface area contributed by atoms with E-state index >= 15 is 0 Å². The molecule has 5 aromatic rings. The molecular formula is C25H21N3OS2. The number of para-hydroxylation sites is 1. The molecule has 2 aromatic heterocycles. The van der Waals surface area contributed by atoms with Crippen LogP contribution in [0.4, 0.5) is 5.69 Å². The van der Waals surface area contributed by atoms with Crippen molar-refractivity contribution in [1.29, 1.82) is 0 Å². The lowest BCUT2D eigenvalue weighted by Gasteiger charge is -2.06. The number of amides is 1. The number of nitrogens with zero attached hydrogens (tertiary/aromatic N) is 2. The molecule has 2 heterocycles. The maximum Gasteiger partial charge on any atom is 0.234 e. The van der Waals surface area contributed by atoms with Gasteiger partial charge in [0.05, 0.1) is 11.4 Å². The number of anilines is 1. The maximum atomic E-state index is 12.6. The van der Waals surface area contributed by atoms with Gasteiger partial charge in [-0.3, -0.25) is 4.79 Å². The second-order valence-corrected chi connectivity index (χ2v) is 9.28. The highest BCUT2D eigenvalue weighted by molar-refractivity contribution is 8.01. The number of thiazole rings is 1. The standard InChI is InChI=1S/C25H21N3OS2/c1-2-28-22-11-7-6-10-19(22)20-14-18(12-13-23(20)28)26-24(29)16-31-25-27-21(15-30-25)17-8-4-3-5-9-17/h3-15H,2,16H2,1H3,(H,26,29). The number of carbonyl (C=O) groups is 1. The SMILES string of the molecule is CCn1c2ccccc2c2cc(NC(=O)CSc3nc(-c4ccccc4)cs3)ccc21. The highest BCUT2D eigenvalue weighted by Crippen LogP contribution is 2.31. The number of hydrogen-bond acceptors (Lipinski definition) is 4. The summed E-state index contributed by atoms with van der Waals surface area (Å²) in [5.41, 5.74) is 5.27. The first-order chi connectivity index (χ1) is 15.2. The highest BCUT2D eigenvalue weighted by Gasteiger charge is 2.12. The summed E-state index contributed by atoms with van der Waals surface area (Å²) in [5.74, 6) is 0.302. The number of hydrogen-bond donors (Lipinski definition) is 1. The van der Waals surface area contributed by atoms with Crippen LogP contribution >= 0.6 is 23.1 Å². The molecule has 0 saturated heterocycles. The van der Waals surface area contributed by atoms with Gasteiger partial charge in [-0.25, -0.2) is 4.98 Å². The lowest BCUT2D eigenvalue weighted by atomic mass is 10.1. The molecule has 1 N–H and O–H groups in total. The van der Waals surface area contributed by atoms with Crippen molar-refractivity contribution in [2.75, 3.05) is 11.1 Å². The fourth-order valence-corrected chi connectivity index (χ4v) is 5.50. The first kappa shape index (κ1) is 19.8. The zero-order valence-corrected chi connectivity index (χ0v) is 18.7. The van der Waals surface area contributed by atoms with Crippen LogP contribution in [0.25, 0.3) is 33.1 Å². The Hall–Kier alpha value is -3.09. The van der Waals surface area contributed by atoms with E-state index in [2.05, 4.69) is 58.2 Å². The Bertz CT molecular complexity index is 1370. The normalized spacial score (nSPS) is 11.3. The maximum absolute atomic E-state index is 12.6. The molecule has 1 amide bonds. The van der Waals surface area contributed by atoms with Crippen LogP contribution in [0.5, 0.6) is 0 Å². The molecule has 0 fully saturated rings. The molecule has 0 atom stereocenters. The number of benzene rings is 3. The van der Waals surface area contributed by atoms with Crippen LogP contribution < -0.4 is 5.32 Å². The van der Waals surface area contributed by atoms with E-state index in [-0.39, 0.29) is 5.91 Å². The van der Waals surface area contributed by atoms with Gasteiger partial charge in [0.1, 0.15) is 0 Å². The number of rotatable bonds is 6. The van der Waals surface area contributed by atoms with Crippen LogP contribution in [0.2, 0.25) is 0 Å². The van der Waals surface area contributed by atoms with Crippen molar-refractivity contribution < 1.29 is 4.79 Å². The Balaban J connectivity index is 1.30. The van der Waals surface area contributed by atoms with Crippen molar-refractivity contribution in [2.45, 2.75) is 17.8 Å². The Morgan fingerprint density at radius 1 is 1.00 bits per heavy atom. The van der Waals surface area contributed by atoms with Gasteiger partial charge in [0.25, 0.3) is 0 Å². The average Bonchev–Trinajstić information content (AvgIpc) is 3.41. The van der Waals surface area contributed by atoms with E-state index in [1.165, 1.54) is 28.2 Å². The molecule has 0 bridgehead atoms. The smallest absolute Gasteiger partial charge is 0.234 e. The molecular weight excluding hydrogens is 422 g/mol. The summed E-state index contributed by atoms with van der Waals surface area (Å²) in [5, 5.41) is 7.45. The quantitative estimate of drug-likeness (QED) is 0.298. The monoisotopic (exact) mass is 443 g/mol. The minimum Gasteiger partial charge on any atom is -0.341 e. The average molecular weight is 444 g/mol. The molecule has 31 heavy (non-hydrogen) atoms. The Labute approximate surface area is 188 Å². The molecule has 0 aliphatic heterocycles. The summed E-state index contributed by atoms with van der Waals surface area (Å²) in [6.45, 7) is 3.06. The van der Waals surface area contributed by atoms with Gasteiger partial charge in [-0.1, -0.05) is 60.3 Å². The van der Waals surface area contributed by atoms with E-state index in [0.717, 1.165) is 33.2 Å². The van der Waals surface area contributed by atoms with Crippen LogP contribution in [-0.2, 0) is 11.3 Å². The Kier molecular flexibility index (Phi) is 5.49. The molecule has 154 valence electrons. The lowest BCUT2D eigenvalue weighted by Crippen LogP contribution is -2.13. The zero-order chi connectivity index (χ0) is 21.2. The van der Waals surface area contributed by atoms with Gasteiger partial charge in [0.15, 0.2) is 4.34 Å². The number of aryl methyl sites for hydroxylation is 1. The second kappa shape index (κ2) is 8.57. The third-order valence-electron chi connectivity index (χ3n) is 5.25. The third kappa shape index (κ3) is 3.96. The van der Waals surface area contributed by atoms with Crippen molar-refractivity contribution in [1.82, 2.24) is 9.55 Å². The predicted molar refractivity (Wildman–Crippen MR) is 132 cm³/mol. The fraction of sp³-hybridized carbons (Fsp3) is 0.120. The van der Waals surface area contributed by atoms with Gasteiger partial charge in [-0.15, -0.1) is 11.3 Å². The first-order valence-electron chi connectivity index (χ1n) is 10.2. The van der Waals surface area contributed by atoms with Gasteiger partial charge in [-0.05, 0) is 31.2 Å². The van der Waals surface area contributed by atoms with Gasteiger partial charge in [-0.2, -0.15) is 0 Å². The zero-order valence-electron chi connectivity index (χ0n) is 17.0. The molecule has 0 saturated carbocycles. The van der Waals surface area contributed by atoms with Crippen molar-refractivity contribution in [3.05, 3.63) is 78.2 Å². The number of nitrogens with one attached hydrogen (secondary N) is 1. The Morgan fingerprint density at radius 2 is 1.77 bits per heavy atom. The van der Waals surface area contributed by atoms with Crippen LogP contribution in [0.1, 0.15) is 6.92 Å². The molecule has 6 heteroatoms. The lowest BCUT2D eigenvalue weighted by molar-refractivity contribution is -0.113. The van der Waals surface area contributed by atoms with Crippen molar-refractivity contribution >= 4 is 56.5 Å². The van der Waals surface area contributed by atoms with Crippen LogP contribution in [0, 0.1) is 0 Å². The predicted octanol–water partition coefficient (Wildman–Crippen LogP) is 6.67. The van der Waals surface area contributed by atoms with Crippen molar-refractivity contribution in [3.8, 4) is 11.3 Å². The summed E-state index contributed by atoms with van der Waals surface area (Å²) < 4.78 is 3.20. The second-order valence-electron chi connectivity index (χ2n) is 7.19. The summed E-state index contributed by atoms with van der Waals surface area (Å²) >= 11 is 3.04. The summed E-state index contributed by atoms with van der Waals surface area (Å²) in [7, 11) is 0. The molecule has 3 aromatic carbocycles. The van der Waals surface area contributed by atoms with Gasteiger partial charge < -0.3 is 9.88 Å². The van der Waals surface area contributed by atoms with Crippen molar-refractivity contribution in [3.63, 3.8) is 0 Å². The van der Waals surface area contributed by atoms with E-state index in [4.69, 9.17) is 0 Å². The third-order valence-corrected chi connectivity index (χ3v) is 7.27. The van der Waals surface area contributed by atoms with Crippen LogP contribution in [0.15, 0.2) is 82.5 Å². The Morgan fingerprint density at radius 3 is 2.61 bits per heavy atom. The van der Waals surface area contributed by atoms with Crippen LogP contribution in [0.3, 0.4) is 0 Å². The number of carbonyl (C=O) groups excluding carboxylic acids is 1. The molecule has 5 rings (SSSR count). The molecule has 0 aliphatic carbocycles. The topological polar surface area (TPSA) is 46.9 Å². The molecule has 0 aliphatic rings. The first-order valence-corrected chi connectivity index (χ1v) is 12.0. The van der Waals surface area contributed by atoms with E-state index < -0.39 is 0 Å². The number of thioether (sulfide) groups is 1. The van der Waals surface area contributed by atoms with E-state index in [9.17, 15) is 4.79 Å². The summed E-state index contributed by atoms with van der Waals surface area (Å²) in [6, 6.07) is 24.6. The van der Waals surface area contributed by atoms with E-state index in [0.29, 0.717) is 5.75 Å². The number of aromatic nitrogens is 2. The largest absolute Gasteiger partial charge is 0.341 e. The van der Waals surface area contributed by atoms with Gasteiger partial charge >= 0.3 is 0 Å². The minimum atomic E-state index is -0.0277. The highest BCUT2D eigenvalue weighted by atomic mass is 32.2. The molecule has 4 nitrogen and oxygen atoms in total. The van der Waals surface area contributed by atoms with E-state index in [1.807, 2.05) is 41.8 Å². The fourth-order valence-electron chi connectivity index (χ4n) is 3.86. The summed E-state index contributed by atoms with van der Waals surface area (Å²) in [4.78, 5) is 17.2. The van der Waals surface area contributed by atoms with Crippen LogP contribution in [-0.4, -0.2) is 21.2 Å². The molecule has 0 unspecified atom stereocenters. The minimum absolute atomic E-state index is 0.0277. The van der Waals surface area contributed by atoms with Gasteiger partial charge in [0, 0.05) is 45.0 Å². The number of fused-ring (bicyclic) bond motifs is 3. The van der Waals surface area contributed by atoms with Crippen molar-refractivity contribution in [2.24, 2.45) is 0 Å². The van der Waals surface area contributed by atoms with E-state index in [1.54, 1.807) is 11.3 Å². The molecule has 0 radical (unpaired) electrons. The van der Waals surface area contributed by atoms with Gasteiger partial charge in [0.2, 0.25) is 5.91 Å². The molecule has 0 spiro atoms. The summed E-state index contributed by atoms with van der Waals surface area (Å²) in [6.07, 6.45) is 0.